The van der Waals surface area contributed by atoms with E-state index in [1.807, 2.05) is 6.92 Å². The molecule has 3 nitrogen and oxygen atoms in total. The largest absolute Gasteiger partial charge is 0.375 e. The molecule has 1 aliphatic rings. The molecule has 4 heteroatoms. The van der Waals surface area contributed by atoms with Crippen LogP contribution in [0.1, 0.15) is 18.9 Å². The second-order valence-electron chi connectivity index (χ2n) is 4.61. The first-order valence-corrected chi connectivity index (χ1v) is 6.29. The number of halogens is 1. The first kappa shape index (κ1) is 13.0. The Kier molecular flexibility index (Phi) is 4.31. The number of hydrogen-bond donors (Lipinski definition) is 0. The molecule has 1 atom stereocenters. The first-order valence-electron chi connectivity index (χ1n) is 6.29. The normalized spacial score (nSPS) is 19.9. The highest BCUT2D eigenvalue weighted by atomic mass is 19.1. The van der Waals surface area contributed by atoms with Gasteiger partial charge in [0.2, 0.25) is 5.91 Å². The summed E-state index contributed by atoms with van der Waals surface area (Å²) in [7, 11) is 0. The number of rotatable bonds is 3. The number of aryl methyl sites for hydroxylation is 1. The van der Waals surface area contributed by atoms with Gasteiger partial charge in [-0.05, 0) is 25.0 Å². The van der Waals surface area contributed by atoms with Crippen molar-refractivity contribution in [2.45, 2.75) is 25.9 Å². The van der Waals surface area contributed by atoms with Crippen molar-refractivity contribution in [3.8, 4) is 0 Å². The van der Waals surface area contributed by atoms with Crippen LogP contribution in [-0.4, -0.2) is 36.6 Å². The van der Waals surface area contributed by atoms with Crippen LogP contribution in [0.15, 0.2) is 24.3 Å². The van der Waals surface area contributed by atoms with Gasteiger partial charge in [-0.15, -0.1) is 0 Å². The van der Waals surface area contributed by atoms with Crippen LogP contribution < -0.4 is 0 Å². The second-order valence-corrected chi connectivity index (χ2v) is 4.61. The topological polar surface area (TPSA) is 29.5 Å². The van der Waals surface area contributed by atoms with Crippen LogP contribution >= 0.6 is 0 Å². The van der Waals surface area contributed by atoms with Crippen LogP contribution in [-0.2, 0) is 16.0 Å². The molecule has 2 rings (SSSR count). The molecule has 0 N–H and O–H groups in total. The van der Waals surface area contributed by atoms with Crippen LogP contribution in [0.4, 0.5) is 4.39 Å². The number of morpholine rings is 1. The Bertz CT molecular complexity index is 422. The van der Waals surface area contributed by atoms with Crippen LogP contribution in [0.3, 0.4) is 0 Å². The summed E-state index contributed by atoms with van der Waals surface area (Å²) in [5.41, 5.74) is 0.604. The molecule has 1 fully saturated rings. The molecule has 0 spiro atoms. The molecule has 1 amide bonds. The summed E-state index contributed by atoms with van der Waals surface area (Å²) >= 11 is 0. The number of ether oxygens (including phenoxy) is 1. The lowest BCUT2D eigenvalue weighted by molar-refractivity contribution is -0.138. The molecular weight excluding hydrogens is 233 g/mol. The highest BCUT2D eigenvalue weighted by Crippen LogP contribution is 2.11. The average Bonchev–Trinajstić information content (AvgIpc) is 2.37. The number of carbonyl (C=O) groups excluding carboxylic acids is 1. The van der Waals surface area contributed by atoms with Crippen molar-refractivity contribution in [2.75, 3.05) is 19.7 Å². The lowest BCUT2D eigenvalue weighted by atomic mass is 10.1. The lowest BCUT2D eigenvalue weighted by Crippen LogP contribution is -2.44. The van der Waals surface area contributed by atoms with Crippen LogP contribution in [0.2, 0.25) is 0 Å². The summed E-state index contributed by atoms with van der Waals surface area (Å²) in [4.78, 5) is 13.8. The smallest absolute Gasteiger partial charge is 0.223 e. The van der Waals surface area contributed by atoms with Gasteiger partial charge in [0.05, 0.1) is 12.7 Å². The Hall–Kier alpha value is -1.42. The van der Waals surface area contributed by atoms with Crippen LogP contribution in [0.25, 0.3) is 0 Å². The van der Waals surface area contributed by atoms with E-state index in [4.69, 9.17) is 4.74 Å². The van der Waals surface area contributed by atoms with Crippen molar-refractivity contribution >= 4 is 5.91 Å². The molecule has 1 heterocycles. The molecule has 1 aromatic rings. The predicted octanol–water partition coefficient (Wildman–Crippen LogP) is 2.01. The van der Waals surface area contributed by atoms with E-state index in [-0.39, 0.29) is 17.8 Å². The highest BCUT2D eigenvalue weighted by molar-refractivity contribution is 5.76. The molecule has 0 radical (unpaired) electrons. The highest BCUT2D eigenvalue weighted by Gasteiger charge is 2.21. The van der Waals surface area contributed by atoms with Crippen molar-refractivity contribution in [1.29, 1.82) is 0 Å². The molecule has 0 saturated carbocycles. The van der Waals surface area contributed by atoms with Gasteiger partial charge in [0.1, 0.15) is 5.82 Å². The molecule has 1 aromatic carbocycles. The monoisotopic (exact) mass is 251 g/mol. The van der Waals surface area contributed by atoms with Crippen molar-refractivity contribution in [1.82, 2.24) is 4.90 Å². The maximum absolute atomic E-state index is 13.4. The summed E-state index contributed by atoms with van der Waals surface area (Å²) in [6.07, 6.45) is 0.904. The summed E-state index contributed by atoms with van der Waals surface area (Å²) in [5, 5.41) is 0. The third-order valence-electron chi connectivity index (χ3n) is 3.16. The van der Waals surface area contributed by atoms with E-state index < -0.39 is 0 Å². The Morgan fingerprint density at radius 3 is 3.00 bits per heavy atom. The maximum atomic E-state index is 13.4. The number of hydrogen-bond acceptors (Lipinski definition) is 2. The lowest BCUT2D eigenvalue weighted by Gasteiger charge is -2.31. The fraction of sp³-hybridized carbons (Fsp3) is 0.500. The van der Waals surface area contributed by atoms with Gasteiger partial charge in [0.25, 0.3) is 0 Å². The Labute approximate surface area is 107 Å². The van der Waals surface area contributed by atoms with E-state index in [9.17, 15) is 9.18 Å². The minimum Gasteiger partial charge on any atom is -0.375 e. The molecule has 1 aliphatic heterocycles. The van der Waals surface area contributed by atoms with Gasteiger partial charge < -0.3 is 9.64 Å². The van der Waals surface area contributed by atoms with E-state index >= 15 is 0 Å². The van der Waals surface area contributed by atoms with Crippen molar-refractivity contribution in [3.63, 3.8) is 0 Å². The molecule has 18 heavy (non-hydrogen) atoms. The zero-order valence-corrected chi connectivity index (χ0v) is 10.6. The van der Waals surface area contributed by atoms with Gasteiger partial charge in [-0.2, -0.15) is 0 Å². The fourth-order valence-corrected chi connectivity index (χ4v) is 2.15. The van der Waals surface area contributed by atoms with E-state index in [1.54, 1.807) is 23.1 Å². The first-order chi connectivity index (χ1) is 8.66. The number of benzene rings is 1. The van der Waals surface area contributed by atoms with Crippen molar-refractivity contribution in [2.24, 2.45) is 0 Å². The van der Waals surface area contributed by atoms with E-state index in [1.165, 1.54) is 6.07 Å². The van der Waals surface area contributed by atoms with Gasteiger partial charge in [-0.25, -0.2) is 4.39 Å². The van der Waals surface area contributed by atoms with E-state index in [2.05, 4.69) is 0 Å². The third kappa shape index (κ3) is 3.29. The van der Waals surface area contributed by atoms with Gasteiger partial charge >= 0.3 is 0 Å². The number of carbonyl (C=O) groups is 1. The molecule has 98 valence electrons. The van der Waals surface area contributed by atoms with Gasteiger partial charge in [-0.3, -0.25) is 4.79 Å². The molecule has 1 saturated heterocycles. The Balaban J connectivity index is 1.86. The zero-order valence-electron chi connectivity index (χ0n) is 10.6. The van der Waals surface area contributed by atoms with Crippen molar-refractivity contribution in [3.05, 3.63) is 35.6 Å². The predicted molar refractivity (Wildman–Crippen MR) is 66.7 cm³/mol. The summed E-state index contributed by atoms with van der Waals surface area (Å²) in [6.45, 7) is 3.82. The van der Waals surface area contributed by atoms with Gasteiger partial charge in [0.15, 0.2) is 0 Å². The van der Waals surface area contributed by atoms with Crippen LogP contribution in [0, 0.1) is 5.82 Å². The minimum atomic E-state index is -0.236. The average molecular weight is 251 g/mol. The van der Waals surface area contributed by atoms with E-state index in [0.29, 0.717) is 38.1 Å². The zero-order chi connectivity index (χ0) is 13.0. The van der Waals surface area contributed by atoms with Crippen molar-refractivity contribution < 1.29 is 13.9 Å². The summed E-state index contributed by atoms with van der Waals surface area (Å²) in [5.74, 6) is -0.158. The standard InChI is InChI=1S/C14H18FNO2/c1-11-10-16(8-9-18-11)14(17)7-6-12-4-2-3-5-13(12)15/h2-5,11H,6-10H2,1H3. The summed E-state index contributed by atoms with van der Waals surface area (Å²) < 4.78 is 18.8. The minimum absolute atomic E-state index is 0.0772. The third-order valence-corrected chi connectivity index (χ3v) is 3.16. The second kappa shape index (κ2) is 5.96. The number of amides is 1. The Morgan fingerprint density at radius 1 is 1.50 bits per heavy atom. The van der Waals surface area contributed by atoms with E-state index in [0.717, 1.165) is 0 Å². The molecule has 0 aromatic heterocycles. The van der Waals surface area contributed by atoms with Gasteiger partial charge in [-0.1, -0.05) is 18.2 Å². The SMILES string of the molecule is CC1CN(C(=O)CCc2ccccc2F)CCO1. The van der Waals surface area contributed by atoms with Crippen LogP contribution in [0.5, 0.6) is 0 Å². The fourth-order valence-electron chi connectivity index (χ4n) is 2.15. The quantitative estimate of drug-likeness (QED) is 0.822. The summed E-state index contributed by atoms with van der Waals surface area (Å²) in [6, 6.07) is 6.60. The molecule has 0 aliphatic carbocycles. The molecular formula is C14H18FNO2. The Morgan fingerprint density at radius 2 is 2.28 bits per heavy atom. The molecule has 1 unspecified atom stereocenters. The maximum Gasteiger partial charge on any atom is 0.223 e. The molecule has 0 bridgehead atoms. The van der Waals surface area contributed by atoms with Gasteiger partial charge in [0, 0.05) is 19.5 Å². The number of nitrogens with zero attached hydrogens (tertiary/aromatic N) is 1.